The molecule has 0 saturated carbocycles. The summed E-state index contributed by atoms with van der Waals surface area (Å²) in [5.41, 5.74) is 0. The maximum absolute atomic E-state index is 5.94. The normalized spacial score (nSPS) is 10.3. The molecule has 0 aliphatic heterocycles. The first kappa shape index (κ1) is 8.65. The van der Waals surface area contributed by atoms with E-state index in [0.29, 0.717) is 10.8 Å². The zero-order valence-electron chi connectivity index (χ0n) is 6.35. The molecule has 0 spiro atoms. The number of aromatic nitrogens is 4. The van der Waals surface area contributed by atoms with Crippen molar-refractivity contribution in [1.29, 1.82) is 0 Å². The fourth-order valence-corrected chi connectivity index (χ4v) is 1.61. The Morgan fingerprint density at radius 2 is 2.31 bits per heavy atom. The van der Waals surface area contributed by atoms with Gasteiger partial charge in [-0.3, -0.25) is 0 Å². The Bertz CT molecular complexity index is 414. The summed E-state index contributed by atoms with van der Waals surface area (Å²) in [5, 5.41) is 4.45. The summed E-state index contributed by atoms with van der Waals surface area (Å²) < 4.78 is 2.34. The highest BCUT2D eigenvalue weighted by atomic mass is 79.9. The van der Waals surface area contributed by atoms with Gasteiger partial charge >= 0.3 is 0 Å². The van der Waals surface area contributed by atoms with E-state index in [1.54, 1.807) is 18.6 Å². The molecule has 0 radical (unpaired) electrons. The Labute approximate surface area is 87.7 Å². The molecule has 2 rings (SSSR count). The molecule has 0 unspecified atom stereocenters. The lowest BCUT2D eigenvalue weighted by atomic mass is 10.5. The molecule has 0 N–H and O–H groups in total. The van der Waals surface area contributed by atoms with Crippen molar-refractivity contribution < 1.29 is 0 Å². The van der Waals surface area contributed by atoms with Gasteiger partial charge in [-0.15, -0.1) is 0 Å². The quantitative estimate of drug-likeness (QED) is 0.787. The van der Waals surface area contributed by atoms with Crippen LogP contribution >= 0.6 is 27.5 Å². The van der Waals surface area contributed by atoms with Gasteiger partial charge in [-0.25, -0.2) is 14.6 Å². The Hall–Kier alpha value is -0.940. The summed E-state index contributed by atoms with van der Waals surface area (Å²) in [6.45, 7) is 0. The summed E-state index contributed by atoms with van der Waals surface area (Å²) >= 11 is 9.21. The van der Waals surface area contributed by atoms with Crippen molar-refractivity contribution in [2.45, 2.75) is 0 Å². The third-order valence-electron chi connectivity index (χ3n) is 1.42. The first-order valence-electron chi connectivity index (χ1n) is 3.43. The Morgan fingerprint density at radius 3 is 2.92 bits per heavy atom. The van der Waals surface area contributed by atoms with Crippen LogP contribution in [0.15, 0.2) is 29.4 Å². The monoisotopic (exact) mass is 258 g/mol. The molecule has 66 valence electrons. The summed E-state index contributed by atoms with van der Waals surface area (Å²) in [7, 11) is 0. The van der Waals surface area contributed by atoms with Crippen molar-refractivity contribution in [2.75, 3.05) is 0 Å². The van der Waals surface area contributed by atoms with Crippen LogP contribution in [0.4, 0.5) is 0 Å². The molecule has 2 heterocycles. The Balaban J connectivity index is 2.53. The van der Waals surface area contributed by atoms with Crippen molar-refractivity contribution in [3.05, 3.63) is 34.4 Å². The van der Waals surface area contributed by atoms with E-state index in [0.717, 1.165) is 4.47 Å². The molecule has 0 bridgehead atoms. The SMILES string of the molecule is Clc1cc(Br)cnc1-n1cncn1. The zero-order chi connectivity index (χ0) is 9.26. The van der Waals surface area contributed by atoms with Crippen molar-refractivity contribution in [1.82, 2.24) is 19.7 Å². The first-order chi connectivity index (χ1) is 6.27. The van der Waals surface area contributed by atoms with Gasteiger partial charge in [0, 0.05) is 10.7 Å². The molecular formula is C7H4BrClN4. The molecule has 6 heteroatoms. The van der Waals surface area contributed by atoms with E-state index in [1.807, 2.05) is 0 Å². The molecule has 0 fully saturated rings. The highest BCUT2D eigenvalue weighted by molar-refractivity contribution is 9.10. The van der Waals surface area contributed by atoms with Gasteiger partial charge in [0.15, 0.2) is 5.82 Å². The number of halogens is 2. The third kappa shape index (κ3) is 1.71. The van der Waals surface area contributed by atoms with Gasteiger partial charge in [0.25, 0.3) is 0 Å². The van der Waals surface area contributed by atoms with Gasteiger partial charge in [0.2, 0.25) is 0 Å². The first-order valence-corrected chi connectivity index (χ1v) is 4.60. The van der Waals surface area contributed by atoms with E-state index in [-0.39, 0.29) is 0 Å². The van der Waals surface area contributed by atoms with Crippen LogP contribution in [0.25, 0.3) is 5.82 Å². The molecule has 0 amide bonds. The molecular weight excluding hydrogens is 255 g/mol. The summed E-state index contributed by atoms with van der Waals surface area (Å²) in [4.78, 5) is 7.91. The molecule has 0 saturated heterocycles. The molecule has 2 aromatic rings. The molecule has 0 aliphatic carbocycles. The maximum Gasteiger partial charge on any atom is 0.174 e. The predicted octanol–water partition coefficient (Wildman–Crippen LogP) is 2.08. The predicted molar refractivity (Wildman–Crippen MR) is 51.9 cm³/mol. The highest BCUT2D eigenvalue weighted by Gasteiger charge is 2.04. The van der Waals surface area contributed by atoms with E-state index in [4.69, 9.17) is 11.6 Å². The Kier molecular flexibility index (Phi) is 2.28. The smallest absolute Gasteiger partial charge is 0.174 e. The van der Waals surface area contributed by atoms with Crippen LogP contribution < -0.4 is 0 Å². The maximum atomic E-state index is 5.94. The lowest BCUT2D eigenvalue weighted by molar-refractivity contribution is 0.845. The molecule has 0 atom stereocenters. The summed E-state index contributed by atoms with van der Waals surface area (Å²) in [6.07, 6.45) is 4.63. The minimum atomic E-state index is 0.528. The molecule has 0 aromatic carbocycles. The van der Waals surface area contributed by atoms with Gasteiger partial charge < -0.3 is 0 Å². The van der Waals surface area contributed by atoms with Crippen LogP contribution in [0.5, 0.6) is 0 Å². The van der Waals surface area contributed by atoms with Crippen molar-refractivity contribution in [3.8, 4) is 5.82 Å². The van der Waals surface area contributed by atoms with Crippen molar-refractivity contribution in [2.24, 2.45) is 0 Å². The second kappa shape index (κ2) is 3.43. The minimum Gasteiger partial charge on any atom is -0.235 e. The average Bonchev–Trinajstić information content (AvgIpc) is 2.56. The summed E-state index contributed by atoms with van der Waals surface area (Å²) in [6, 6.07) is 1.76. The minimum absolute atomic E-state index is 0.528. The Morgan fingerprint density at radius 1 is 1.46 bits per heavy atom. The highest BCUT2D eigenvalue weighted by Crippen LogP contribution is 2.20. The number of hydrogen-bond acceptors (Lipinski definition) is 3. The largest absolute Gasteiger partial charge is 0.235 e. The zero-order valence-corrected chi connectivity index (χ0v) is 8.70. The van der Waals surface area contributed by atoms with Gasteiger partial charge in [0.1, 0.15) is 12.7 Å². The molecule has 0 aliphatic rings. The van der Waals surface area contributed by atoms with Crippen LogP contribution in [0, 0.1) is 0 Å². The van der Waals surface area contributed by atoms with Crippen LogP contribution in [0.3, 0.4) is 0 Å². The van der Waals surface area contributed by atoms with Crippen molar-refractivity contribution in [3.63, 3.8) is 0 Å². The summed E-state index contributed by atoms with van der Waals surface area (Å²) in [5.74, 6) is 0.572. The van der Waals surface area contributed by atoms with E-state index in [1.165, 1.54) is 11.0 Å². The number of pyridine rings is 1. The molecule has 4 nitrogen and oxygen atoms in total. The topological polar surface area (TPSA) is 43.6 Å². The lowest BCUT2D eigenvalue weighted by Crippen LogP contribution is -1.98. The molecule has 2 aromatic heterocycles. The van der Waals surface area contributed by atoms with Gasteiger partial charge in [-0.1, -0.05) is 11.6 Å². The number of hydrogen-bond donors (Lipinski definition) is 0. The van der Waals surface area contributed by atoms with Crippen LogP contribution in [-0.4, -0.2) is 19.7 Å². The van der Waals surface area contributed by atoms with Gasteiger partial charge in [-0.2, -0.15) is 5.10 Å². The van der Waals surface area contributed by atoms with E-state index in [9.17, 15) is 0 Å². The molecule has 13 heavy (non-hydrogen) atoms. The van der Waals surface area contributed by atoms with E-state index >= 15 is 0 Å². The van der Waals surface area contributed by atoms with Crippen LogP contribution in [0.2, 0.25) is 5.02 Å². The second-order valence-electron chi connectivity index (χ2n) is 2.30. The number of nitrogens with zero attached hydrogens (tertiary/aromatic N) is 4. The van der Waals surface area contributed by atoms with Crippen LogP contribution in [0.1, 0.15) is 0 Å². The standard InChI is InChI=1S/C7H4BrClN4/c8-5-1-6(9)7(11-2-5)13-4-10-3-12-13/h1-4H. The number of rotatable bonds is 1. The van der Waals surface area contributed by atoms with Crippen LogP contribution in [-0.2, 0) is 0 Å². The van der Waals surface area contributed by atoms with Crippen molar-refractivity contribution >= 4 is 27.5 Å². The fourth-order valence-electron chi connectivity index (χ4n) is 0.894. The van der Waals surface area contributed by atoms with Gasteiger partial charge in [0.05, 0.1) is 5.02 Å². The third-order valence-corrected chi connectivity index (χ3v) is 2.14. The second-order valence-corrected chi connectivity index (χ2v) is 3.62. The fraction of sp³-hybridized carbons (Fsp3) is 0. The lowest BCUT2D eigenvalue weighted by Gasteiger charge is -2.01. The van der Waals surface area contributed by atoms with E-state index < -0.39 is 0 Å². The average molecular weight is 259 g/mol. The van der Waals surface area contributed by atoms with E-state index in [2.05, 4.69) is 31.0 Å². The van der Waals surface area contributed by atoms with Gasteiger partial charge in [-0.05, 0) is 22.0 Å².